The molecule has 2 aliphatic rings. The zero-order valence-electron chi connectivity index (χ0n) is 12.3. The maximum absolute atomic E-state index is 11.8. The highest BCUT2D eigenvalue weighted by Gasteiger charge is 2.21. The van der Waals surface area contributed by atoms with Crippen molar-refractivity contribution in [3.05, 3.63) is 0 Å². The van der Waals surface area contributed by atoms with Crippen molar-refractivity contribution >= 4 is 35.8 Å². The molecule has 0 unspecified atom stereocenters. The molecule has 116 valence electrons. The van der Waals surface area contributed by atoms with Crippen LogP contribution in [0.5, 0.6) is 0 Å². The van der Waals surface area contributed by atoms with Gasteiger partial charge in [-0.2, -0.15) is 0 Å². The van der Waals surface area contributed by atoms with Crippen molar-refractivity contribution in [1.29, 1.82) is 0 Å². The summed E-state index contributed by atoms with van der Waals surface area (Å²) in [5, 5.41) is 9.41. The van der Waals surface area contributed by atoms with Crippen molar-refractivity contribution in [2.45, 2.75) is 51.0 Å². The SMILES string of the molecule is CN=C(NCC(=O)NC1CCCCC1)NCC1CC1.I. The molecule has 0 radical (unpaired) electrons. The Morgan fingerprint density at radius 3 is 2.40 bits per heavy atom. The fourth-order valence-electron chi connectivity index (χ4n) is 2.47. The molecule has 6 heteroatoms. The highest BCUT2D eigenvalue weighted by atomic mass is 127. The lowest BCUT2D eigenvalue weighted by Gasteiger charge is -2.23. The van der Waals surface area contributed by atoms with Crippen LogP contribution in [0.1, 0.15) is 44.9 Å². The van der Waals surface area contributed by atoms with Crippen LogP contribution in [0.3, 0.4) is 0 Å². The first-order valence-electron chi connectivity index (χ1n) is 7.52. The predicted molar refractivity (Wildman–Crippen MR) is 92.5 cm³/mol. The van der Waals surface area contributed by atoms with Gasteiger partial charge >= 0.3 is 0 Å². The maximum atomic E-state index is 11.8. The summed E-state index contributed by atoms with van der Waals surface area (Å²) in [6.45, 7) is 1.27. The van der Waals surface area contributed by atoms with Gasteiger partial charge in [-0.05, 0) is 31.6 Å². The summed E-state index contributed by atoms with van der Waals surface area (Å²) in [6, 6.07) is 0.379. The molecule has 2 aliphatic carbocycles. The van der Waals surface area contributed by atoms with Crippen molar-refractivity contribution in [1.82, 2.24) is 16.0 Å². The van der Waals surface area contributed by atoms with Crippen molar-refractivity contribution in [2.24, 2.45) is 10.9 Å². The minimum Gasteiger partial charge on any atom is -0.356 e. The fraction of sp³-hybridized carbons (Fsp3) is 0.857. The van der Waals surface area contributed by atoms with E-state index in [1.807, 2.05) is 0 Å². The Morgan fingerprint density at radius 2 is 1.80 bits per heavy atom. The maximum Gasteiger partial charge on any atom is 0.239 e. The Kier molecular flexibility index (Phi) is 8.25. The first-order chi connectivity index (χ1) is 9.28. The van der Waals surface area contributed by atoms with Crippen LogP contribution in [0.15, 0.2) is 4.99 Å². The van der Waals surface area contributed by atoms with E-state index in [1.54, 1.807) is 7.05 Å². The quantitative estimate of drug-likeness (QED) is 0.377. The van der Waals surface area contributed by atoms with Crippen LogP contribution >= 0.6 is 24.0 Å². The largest absolute Gasteiger partial charge is 0.356 e. The average Bonchev–Trinajstić information content (AvgIpc) is 3.24. The van der Waals surface area contributed by atoms with Crippen molar-refractivity contribution < 1.29 is 4.79 Å². The number of hydrogen-bond donors (Lipinski definition) is 3. The van der Waals surface area contributed by atoms with E-state index >= 15 is 0 Å². The lowest BCUT2D eigenvalue weighted by molar-refractivity contribution is -0.120. The van der Waals surface area contributed by atoms with Gasteiger partial charge in [0.15, 0.2) is 5.96 Å². The van der Waals surface area contributed by atoms with Crippen LogP contribution in [0.25, 0.3) is 0 Å². The van der Waals surface area contributed by atoms with Crippen molar-refractivity contribution in [3.8, 4) is 0 Å². The van der Waals surface area contributed by atoms with Crippen molar-refractivity contribution in [3.63, 3.8) is 0 Å². The molecule has 0 atom stereocenters. The van der Waals surface area contributed by atoms with Crippen LogP contribution in [-0.2, 0) is 4.79 Å². The predicted octanol–water partition coefficient (Wildman–Crippen LogP) is 1.63. The van der Waals surface area contributed by atoms with Gasteiger partial charge in [0.2, 0.25) is 5.91 Å². The molecular formula is C14H27IN4O. The molecule has 2 saturated carbocycles. The summed E-state index contributed by atoms with van der Waals surface area (Å²) in [5.41, 5.74) is 0. The summed E-state index contributed by atoms with van der Waals surface area (Å²) in [6.07, 6.45) is 8.66. The minimum absolute atomic E-state index is 0. The summed E-state index contributed by atoms with van der Waals surface area (Å²) < 4.78 is 0. The Morgan fingerprint density at radius 1 is 1.10 bits per heavy atom. The zero-order valence-corrected chi connectivity index (χ0v) is 14.6. The molecule has 3 N–H and O–H groups in total. The van der Waals surface area contributed by atoms with Gasteiger partial charge in [0.25, 0.3) is 0 Å². The number of rotatable bonds is 5. The van der Waals surface area contributed by atoms with Gasteiger partial charge < -0.3 is 16.0 Å². The van der Waals surface area contributed by atoms with Gasteiger partial charge in [-0.25, -0.2) is 0 Å². The second kappa shape index (κ2) is 9.41. The van der Waals surface area contributed by atoms with E-state index in [-0.39, 0.29) is 29.9 Å². The highest BCUT2D eigenvalue weighted by molar-refractivity contribution is 14.0. The number of nitrogens with one attached hydrogen (secondary N) is 3. The normalized spacial score (nSPS) is 19.9. The van der Waals surface area contributed by atoms with Gasteiger partial charge in [-0.3, -0.25) is 9.79 Å². The number of carbonyl (C=O) groups is 1. The van der Waals surface area contributed by atoms with Gasteiger partial charge in [-0.1, -0.05) is 19.3 Å². The Balaban J connectivity index is 0.00000200. The van der Waals surface area contributed by atoms with Crippen LogP contribution in [-0.4, -0.2) is 38.0 Å². The number of hydrogen-bond acceptors (Lipinski definition) is 2. The highest BCUT2D eigenvalue weighted by Crippen LogP contribution is 2.27. The topological polar surface area (TPSA) is 65.5 Å². The molecule has 20 heavy (non-hydrogen) atoms. The molecule has 0 bridgehead atoms. The number of halogens is 1. The molecule has 2 fully saturated rings. The molecule has 2 rings (SSSR count). The van der Waals surface area contributed by atoms with Crippen LogP contribution in [0, 0.1) is 5.92 Å². The number of guanidine groups is 1. The molecule has 0 heterocycles. The molecule has 0 aromatic carbocycles. The number of amides is 1. The second-order valence-electron chi connectivity index (χ2n) is 5.65. The molecule has 0 aromatic heterocycles. The summed E-state index contributed by atoms with van der Waals surface area (Å²) in [5.74, 6) is 1.60. The van der Waals surface area contributed by atoms with E-state index in [0.717, 1.165) is 31.3 Å². The first kappa shape index (κ1) is 17.5. The number of nitrogens with zero attached hydrogens (tertiary/aromatic N) is 1. The van der Waals surface area contributed by atoms with E-state index in [0.29, 0.717) is 12.6 Å². The molecule has 0 saturated heterocycles. The third-order valence-electron chi connectivity index (χ3n) is 3.87. The zero-order chi connectivity index (χ0) is 13.5. The molecule has 0 aromatic rings. The smallest absolute Gasteiger partial charge is 0.239 e. The lowest BCUT2D eigenvalue weighted by atomic mass is 9.95. The van der Waals surface area contributed by atoms with Crippen LogP contribution in [0.2, 0.25) is 0 Å². The monoisotopic (exact) mass is 394 g/mol. The molecule has 0 spiro atoms. The van der Waals surface area contributed by atoms with Gasteiger partial charge in [0, 0.05) is 19.6 Å². The van der Waals surface area contributed by atoms with E-state index in [2.05, 4.69) is 20.9 Å². The molecule has 5 nitrogen and oxygen atoms in total. The minimum atomic E-state index is 0. The first-order valence-corrected chi connectivity index (χ1v) is 7.52. The number of carbonyl (C=O) groups excluding carboxylic acids is 1. The lowest BCUT2D eigenvalue weighted by Crippen LogP contribution is -2.46. The van der Waals surface area contributed by atoms with Crippen molar-refractivity contribution in [2.75, 3.05) is 20.1 Å². The Labute approximate surface area is 138 Å². The van der Waals surface area contributed by atoms with Crippen LogP contribution in [0.4, 0.5) is 0 Å². The summed E-state index contributed by atoms with van der Waals surface area (Å²) >= 11 is 0. The van der Waals surface area contributed by atoms with Gasteiger partial charge in [0.05, 0.1) is 6.54 Å². The van der Waals surface area contributed by atoms with Gasteiger partial charge in [0.1, 0.15) is 0 Å². The standard InChI is InChI=1S/C14H26N4O.HI/c1-15-14(16-9-11-7-8-11)17-10-13(19)18-12-5-3-2-4-6-12;/h11-12H,2-10H2,1H3,(H,18,19)(H2,15,16,17);1H. The fourth-order valence-corrected chi connectivity index (χ4v) is 2.47. The van der Waals surface area contributed by atoms with E-state index in [4.69, 9.17) is 0 Å². The van der Waals surface area contributed by atoms with E-state index < -0.39 is 0 Å². The Hall–Kier alpha value is -0.530. The van der Waals surface area contributed by atoms with E-state index in [1.165, 1.54) is 32.1 Å². The summed E-state index contributed by atoms with van der Waals surface area (Å²) in [4.78, 5) is 15.9. The molecule has 0 aliphatic heterocycles. The Bertz CT molecular complexity index is 325. The van der Waals surface area contributed by atoms with E-state index in [9.17, 15) is 4.79 Å². The summed E-state index contributed by atoms with van der Waals surface area (Å²) in [7, 11) is 1.74. The average molecular weight is 394 g/mol. The number of aliphatic imine (C=N–C) groups is 1. The van der Waals surface area contributed by atoms with Crippen LogP contribution < -0.4 is 16.0 Å². The third kappa shape index (κ3) is 6.76. The second-order valence-corrected chi connectivity index (χ2v) is 5.65. The van der Waals surface area contributed by atoms with Gasteiger partial charge in [-0.15, -0.1) is 24.0 Å². The molecule has 1 amide bonds. The molecular weight excluding hydrogens is 367 g/mol. The third-order valence-corrected chi connectivity index (χ3v) is 3.87.